The molecule has 0 saturated carbocycles. The Morgan fingerprint density at radius 3 is 1.33 bits per heavy atom. The molecular formula is C59H55N7. The third-order valence-corrected chi connectivity index (χ3v) is 9.99. The van der Waals surface area contributed by atoms with Gasteiger partial charge in [0.1, 0.15) is 6.33 Å². The van der Waals surface area contributed by atoms with E-state index in [1.165, 1.54) is 61.4 Å². The van der Waals surface area contributed by atoms with Gasteiger partial charge in [0.25, 0.3) is 0 Å². The maximum Gasteiger partial charge on any atom is 0.115 e. The van der Waals surface area contributed by atoms with Crippen molar-refractivity contribution in [3.63, 3.8) is 0 Å². The molecule has 0 amide bonds. The highest BCUT2D eigenvalue weighted by Crippen LogP contribution is 2.44. The topological polar surface area (TPSA) is 101 Å². The molecule has 10 aromatic rings. The van der Waals surface area contributed by atoms with Crippen molar-refractivity contribution in [2.45, 2.75) is 27.7 Å². The van der Waals surface area contributed by atoms with Crippen molar-refractivity contribution in [1.29, 1.82) is 5.41 Å². The van der Waals surface area contributed by atoms with Crippen LogP contribution in [0.4, 0.5) is 0 Å². The van der Waals surface area contributed by atoms with Crippen molar-refractivity contribution < 1.29 is 0 Å². The van der Waals surface area contributed by atoms with Crippen LogP contribution < -0.4 is 0 Å². The molecule has 4 aromatic heterocycles. The minimum atomic E-state index is 1.01. The number of pyridine rings is 3. The van der Waals surface area contributed by atoms with Crippen LogP contribution in [0.2, 0.25) is 0 Å². The molecule has 0 aliphatic carbocycles. The fraction of sp³-hybridized carbons (Fsp3) is 0.0678. The summed E-state index contributed by atoms with van der Waals surface area (Å²) >= 11 is 0. The molecule has 6 aromatic carbocycles. The van der Waals surface area contributed by atoms with Gasteiger partial charge in [-0.1, -0.05) is 130 Å². The lowest BCUT2D eigenvalue weighted by molar-refractivity contribution is 1.17. The fourth-order valence-electron chi connectivity index (χ4n) is 7.25. The Bertz CT molecular complexity index is 2990. The largest absolute Gasteiger partial charge is 0.313 e. The molecule has 1 N–H and O–H groups in total. The minimum Gasteiger partial charge on any atom is -0.313 e. The number of nitrogens with one attached hydrogen (secondary N) is 1. The smallest absolute Gasteiger partial charge is 0.115 e. The maximum atomic E-state index is 6.08. The first-order valence-electron chi connectivity index (χ1n) is 21.7. The summed E-state index contributed by atoms with van der Waals surface area (Å²) in [5, 5.41) is 13.6. The first-order valence-corrected chi connectivity index (χ1v) is 21.7. The summed E-state index contributed by atoms with van der Waals surface area (Å²) in [5.41, 5.74) is 11.3. The summed E-state index contributed by atoms with van der Waals surface area (Å²) in [7, 11) is 0. The van der Waals surface area contributed by atoms with Crippen molar-refractivity contribution >= 4 is 45.2 Å². The zero-order chi connectivity index (χ0) is 46.9. The molecule has 0 unspecified atom stereocenters. The molecule has 10 rings (SSSR count). The third kappa shape index (κ3) is 12.6. The SMILES string of the molecule is C=C/C=C\C.C=CN=C.CC.CC=N.c1ccncc1.c1cncc(-c2cc(-c3cccnc3)cc(-c3ccc4ccc5c(-c6cccc(-c7cncnc7)c6)ccc6ccc3c4c65)c2)c1. The average Bonchev–Trinajstić information content (AvgIpc) is 3.40. The maximum absolute atomic E-state index is 6.08. The minimum absolute atomic E-state index is 1.01. The summed E-state index contributed by atoms with van der Waals surface area (Å²) in [5.74, 6) is 0. The van der Waals surface area contributed by atoms with Gasteiger partial charge in [0.05, 0.1) is 0 Å². The molecule has 0 aliphatic heterocycles. The van der Waals surface area contributed by atoms with Crippen LogP contribution in [0, 0.1) is 5.41 Å². The number of aromatic nitrogens is 5. The summed E-state index contributed by atoms with van der Waals surface area (Å²) in [6, 6.07) is 47.5. The molecular weight excluding hydrogens is 807 g/mol. The van der Waals surface area contributed by atoms with Gasteiger partial charge >= 0.3 is 0 Å². The van der Waals surface area contributed by atoms with E-state index in [4.69, 9.17) is 5.41 Å². The second-order valence-electron chi connectivity index (χ2n) is 14.1. The van der Waals surface area contributed by atoms with E-state index in [1.54, 1.807) is 31.7 Å². The highest BCUT2D eigenvalue weighted by atomic mass is 14.8. The summed E-state index contributed by atoms with van der Waals surface area (Å²) in [6.45, 7) is 17.5. The number of allylic oxidation sites excluding steroid dienone is 3. The van der Waals surface area contributed by atoms with Crippen LogP contribution in [0.1, 0.15) is 27.7 Å². The zero-order valence-corrected chi connectivity index (χ0v) is 38.1. The van der Waals surface area contributed by atoms with Gasteiger partial charge in [-0.2, -0.15) is 0 Å². The van der Waals surface area contributed by atoms with Crippen molar-refractivity contribution in [3.05, 3.63) is 227 Å². The number of aliphatic imine (C=N–C) groups is 1. The number of hydrogen-bond acceptors (Lipinski definition) is 7. The monoisotopic (exact) mass is 861 g/mol. The van der Waals surface area contributed by atoms with Gasteiger partial charge in [-0.15, -0.1) is 0 Å². The van der Waals surface area contributed by atoms with Crippen LogP contribution in [0.15, 0.2) is 232 Å². The Labute approximate surface area is 389 Å². The fourth-order valence-corrected chi connectivity index (χ4v) is 7.25. The molecule has 0 fully saturated rings. The third-order valence-electron chi connectivity index (χ3n) is 9.99. The number of hydrogen-bond donors (Lipinski definition) is 1. The van der Waals surface area contributed by atoms with Crippen LogP contribution in [0.25, 0.3) is 88.0 Å². The molecule has 0 bridgehead atoms. The van der Waals surface area contributed by atoms with Crippen LogP contribution in [0.5, 0.6) is 0 Å². The van der Waals surface area contributed by atoms with Gasteiger partial charge in [-0.3, -0.25) is 19.9 Å². The molecule has 4 heterocycles. The standard InChI is InChI=1S/C42H26N4.C5H5N.C5H8.C3H5N.C2H5N.C2H6/c1-4-29(36-24-45-26-46-25-36)18-30(5-1)37-12-8-27-11-15-40-38(13-9-28-10-14-39(37)41(27)42(28)40)35-20-33(31-6-2-16-43-22-31)19-34(21-35)32-7-3-17-44-23-32;1-2-4-6-5-3-1;1-3-5-4-2;1-3-4-2;1-2-3;1-2/h1-26H;1-5H;3-5H,1H2,2H3;3H,1-2H2;2-3H,1H3;1-2H3/b;;5-4-;;;. The van der Waals surface area contributed by atoms with Crippen LogP contribution in [-0.2, 0) is 0 Å². The lowest BCUT2D eigenvalue weighted by Crippen LogP contribution is -1.91. The van der Waals surface area contributed by atoms with Gasteiger partial charge in [0.2, 0.25) is 0 Å². The van der Waals surface area contributed by atoms with E-state index in [2.05, 4.69) is 153 Å². The van der Waals surface area contributed by atoms with Crippen molar-refractivity contribution in [2.24, 2.45) is 4.99 Å². The van der Waals surface area contributed by atoms with Gasteiger partial charge in [-0.25, -0.2) is 9.97 Å². The summed E-state index contributed by atoms with van der Waals surface area (Å²) in [4.78, 5) is 24.3. The van der Waals surface area contributed by atoms with E-state index >= 15 is 0 Å². The number of benzene rings is 6. The predicted molar refractivity (Wildman–Crippen MR) is 283 cm³/mol. The van der Waals surface area contributed by atoms with E-state index in [1.807, 2.05) is 100 Å². The van der Waals surface area contributed by atoms with E-state index in [9.17, 15) is 0 Å². The lowest BCUT2D eigenvalue weighted by Gasteiger charge is -2.18. The molecule has 326 valence electrons. The Hall–Kier alpha value is -8.55. The van der Waals surface area contributed by atoms with E-state index in [-0.39, 0.29) is 0 Å². The van der Waals surface area contributed by atoms with Crippen molar-refractivity contribution in [2.75, 3.05) is 0 Å². The van der Waals surface area contributed by atoms with Gasteiger partial charge < -0.3 is 5.41 Å². The highest BCUT2D eigenvalue weighted by Gasteiger charge is 2.16. The zero-order valence-electron chi connectivity index (χ0n) is 38.1. The van der Waals surface area contributed by atoms with E-state index in [0.717, 1.165) is 38.9 Å². The Kier molecular flexibility index (Phi) is 19.2. The second kappa shape index (κ2) is 26.2. The first-order chi connectivity index (χ1) is 32.5. The Morgan fingerprint density at radius 2 is 0.909 bits per heavy atom. The lowest BCUT2D eigenvalue weighted by atomic mass is 9.86. The van der Waals surface area contributed by atoms with E-state index < -0.39 is 0 Å². The Balaban J connectivity index is 0.000000345. The van der Waals surface area contributed by atoms with Crippen molar-refractivity contribution in [3.8, 4) is 55.6 Å². The molecule has 66 heavy (non-hydrogen) atoms. The number of nitrogens with zero attached hydrogens (tertiary/aromatic N) is 6. The quantitative estimate of drug-likeness (QED) is 0.0977. The molecule has 0 atom stereocenters. The van der Waals surface area contributed by atoms with Crippen LogP contribution in [0.3, 0.4) is 0 Å². The highest BCUT2D eigenvalue weighted by molar-refractivity contribution is 6.27. The second-order valence-corrected chi connectivity index (χ2v) is 14.1. The molecule has 0 spiro atoms. The molecule has 0 aliphatic rings. The van der Waals surface area contributed by atoms with Gasteiger partial charge in [0.15, 0.2) is 0 Å². The van der Waals surface area contributed by atoms with Crippen molar-refractivity contribution in [1.82, 2.24) is 24.9 Å². The van der Waals surface area contributed by atoms with Crippen LogP contribution >= 0.6 is 0 Å². The summed E-state index contributed by atoms with van der Waals surface area (Å²) < 4.78 is 0. The molecule has 0 radical (unpaired) electrons. The normalized spacial score (nSPS) is 10.0. The molecule has 7 heteroatoms. The van der Waals surface area contributed by atoms with Crippen LogP contribution in [-0.4, -0.2) is 37.9 Å². The van der Waals surface area contributed by atoms with Gasteiger partial charge in [-0.05, 0) is 147 Å². The first kappa shape index (κ1) is 48.5. The molecule has 7 nitrogen and oxygen atoms in total. The summed E-state index contributed by atoms with van der Waals surface area (Å²) in [6.07, 6.45) is 24.5. The average molecular weight is 862 g/mol. The van der Waals surface area contributed by atoms with E-state index in [0.29, 0.717) is 0 Å². The predicted octanol–water partition coefficient (Wildman–Crippen LogP) is 15.8. The number of rotatable bonds is 7. The Morgan fingerprint density at radius 1 is 0.470 bits per heavy atom. The molecule has 0 saturated heterocycles. The van der Waals surface area contributed by atoms with Gasteiger partial charge in [0, 0.05) is 72.5 Å².